The zero-order chi connectivity index (χ0) is 17.1. The third kappa shape index (κ3) is 3.42. The lowest BCUT2D eigenvalue weighted by atomic mass is 10.0. The number of ether oxygens (including phenoxy) is 2. The van der Waals surface area contributed by atoms with E-state index in [1.165, 1.54) is 13.3 Å². The maximum Gasteiger partial charge on any atom is 0.278 e. The van der Waals surface area contributed by atoms with Crippen molar-refractivity contribution in [3.8, 4) is 11.8 Å². The number of carbonyl (C=O) groups excluding carboxylic acids is 2. The van der Waals surface area contributed by atoms with Crippen LogP contribution in [-0.2, 0) is 9.59 Å². The minimum atomic E-state index is -0.243. The molecule has 0 aliphatic carbocycles. The fourth-order valence-electron chi connectivity index (χ4n) is 3.21. The molecule has 0 bridgehead atoms. The Morgan fingerprint density at radius 3 is 2.67 bits per heavy atom. The lowest BCUT2D eigenvalue weighted by Crippen LogP contribution is -2.47. The molecule has 8 heteroatoms. The third-order valence-electron chi connectivity index (χ3n) is 4.48. The maximum atomic E-state index is 12.7. The number of nitrogens with zero attached hydrogens (tertiary/aromatic N) is 4. The molecular formula is C16H22N4O4. The number of amides is 2. The van der Waals surface area contributed by atoms with Crippen LogP contribution in [0.1, 0.15) is 19.3 Å². The molecular weight excluding hydrogens is 312 g/mol. The lowest BCUT2D eigenvalue weighted by molar-refractivity contribution is -0.138. The van der Waals surface area contributed by atoms with E-state index in [1.807, 2.05) is 0 Å². The Balaban J connectivity index is 1.62. The minimum Gasteiger partial charge on any atom is -0.477 e. The number of piperidine rings is 1. The standard InChI is InChI=1S/C16H22N4O4/c1-19-9-11(8-13(19)21)16(22)20-7-3-4-12(10-20)24-15-14(23-2)17-5-6-18-15/h5-6,11-12H,3-4,7-10H2,1-2H3/t11-,12+/m0/s1. The molecule has 1 aromatic heterocycles. The predicted molar refractivity (Wildman–Crippen MR) is 84.6 cm³/mol. The molecule has 0 unspecified atom stereocenters. The average molecular weight is 334 g/mol. The van der Waals surface area contributed by atoms with Gasteiger partial charge in [0.2, 0.25) is 11.8 Å². The molecule has 2 aliphatic rings. The topological polar surface area (TPSA) is 84.9 Å². The van der Waals surface area contributed by atoms with Gasteiger partial charge in [0.25, 0.3) is 11.8 Å². The van der Waals surface area contributed by atoms with Gasteiger partial charge in [-0.1, -0.05) is 0 Å². The van der Waals surface area contributed by atoms with Gasteiger partial charge >= 0.3 is 0 Å². The maximum absolute atomic E-state index is 12.7. The monoisotopic (exact) mass is 334 g/mol. The van der Waals surface area contributed by atoms with E-state index in [1.54, 1.807) is 23.0 Å². The minimum absolute atomic E-state index is 0.0301. The van der Waals surface area contributed by atoms with Crippen LogP contribution in [0.25, 0.3) is 0 Å². The summed E-state index contributed by atoms with van der Waals surface area (Å²) < 4.78 is 11.0. The van der Waals surface area contributed by atoms with Gasteiger partial charge in [-0.05, 0) is 12.8 Å². The molecule has 2 saturated heterocycles. The summed E-state index contributed by atoms with van der Waals surface area (Å²) >= 11 is 0. The number of hydrogen-bond donors (Lipinski definition) is 0. The van der Waals surface area contributed by atoms with E-state index in [4.69, 9.17) is 9.47 Å². The van der Waals surface area contributed by atoms with E-state index < -0.39 is 0 Å². The molecule has 130 valence electrons. The van der Waals surface area contributed by atoms with Crippen molar-refractivity contribution < 1.29 is 19.1 Å². The van der Waals surface area contributed by atoms with Gasteiger partial charge in [-0.3, -0.25) is 9.59 Å². The van der Waals surface area contributed by atoms with Gasteiger partial charge in [0.05, 0.1) is 19.6 Å². The van der Waals surface area contributed by atoms with Crippen LogP contribution in [0.15, 0.2) is 12.4 Å². The van der Waals surface area contributed by atoms with Crippen LogP contribution in [0.3, 0.4) is 0 Å². The summed E-state index contributed by atoms with van der Waals surface area (Å²) in [6, 6.07) is 0. The SMILES string of the molecule is COc1nccnc1O[C@@H]1CCCN(C(=O)[C@H]2CC(=O)N(C)C2)C1. The second-order valence-corrected chi connectivity index (χ2v) is 6.21. The molecule has 2 amide bonds. The third-order valence-corrected chi connectivity index (χ3v) is 4.48. The highest BCUT2D eigenvalue weighted by molar-refractivity contribution is 5.89. The van der Waals surface area contributed by atoms with Crippen molar-refractivity contribution in [2.75, 3.05) is 33.8 Å². The van der Waals surface area contributed by atoms with Crippen LogP contribution in [-0.4, -0.2) is 71.5 Å². The fraction of sp³-hybridized carbons (Fsp3) is 0.625. The van der Waals surface area contributed by atoms with Gasteiger partial charge in [0.1, 0.15) is 6.10 Å². The van der Waals surface area contributed by atoms with Gasteiger partial charge < -0.3 is 19.3 Å². The Morgan fingerprint density at radius 1 is 1.25 bits per heavy atom. The van der Waals surface area contributed by atoms with E-state index in [0.29, 0.717) is 37.8 Å². The molecule has 0 radical (unpaired) electrons. The number of rotatable bonds is 4. The lowest BCUT2D eigenvalue weighted by Gasteiger charge is -2.34. The molecule has 2 atom stereocenters. The van der Waals surface area contributed by atoms with Crippen LogP contribution in [0, 0.1) is 5.92 Å². The van der Waals surface area contributed by atoms with Crippen LogP contribution in [0.4, 0.5) is 0 Å². The number of likely N-dealkylation sites (tertiary alicyclic amines) is 2. The van der Waals surface area contributed by atoms with E-state index in [9.17, 15) is 9.59 Å². The van der Waals surface area contributed by atoms with Crippen molar-refractivity contribution in [2.24, 2.45) is 5.92 Å². The van der Waals surface area contributed by atoms with Crippen molar-refractivity contribution in [3.05, 3.63) is 12.4 Å². The molecule has 0 aromatic carbocycles. The molecule has 1 aromatic rings. The smallest absolute Gasteiger partial charge is 0.278 e. The predicted octanol–water partition coefficient (Wildman–Crippen LogP) is 0.333. The van der Waals surface area contributed by atoms with Crippen LogP contribution in [0.5, 0.6) is 11.8 Å². The Labute approximate surface area is 140 Å². The van der Waals surface area contributed by atoms with Crippen LogP contribution < -0.4 is 9.47 Å². The number of carbonyl (C=O) groups is 2. The summed E-state index contributed by atoms with van der Waals surface area (Å²) in [5.74, 6) is 0.501. The van der Waals surface area contributed by atoms with E-state index in [0.717, 1.165) is 12.8 Å². The normalized spacial score (nSPS) is 24.2. The van der Waals surface area contributed by atoms with Gasteiger partial charge in [-0.25, -0.2) is 9.97 Å². The summed E-state index contributed by atoms with van der Waals surface area (Å²) in [5, 5.41) is 0. The highest BCUT2D eigenvalue weighted by Crippen LogP contribution is 2.25. The van der Waals surface area contributed by atoms with E-state index in [-0.39, 0.29) is 23.8 Å². The molecule has 0 spiro atoms. The second-order valence-electron chi connectivity index (χ2n) is 6.21. The van der Waals surface area contributed by atoms with Crippen LogP contribution in [0.2, 0.25) is 0 Å². The summed E-state index contributed by atoms with van der Waals surface area (Å²) in [7, 11) is 3.25. The molecule has 8 nitrogen and oxygen atoms in total. The summed E-state index contributed by atoms with van der Waals surface area (Å²) in [6.07, 6.45) is 4.93. The summed E-state index contributed by atoms with van der Waals surface area (Å²) in [5.41, 5.74) is 0. The van der Waals surface area contributed by atoms with Crippen molar-refractivity contribution in [1.29, 1.82) is 0 Å². The molecule has 3 rings (SSSR count). The fourth-order valence-corrected chi connectivity index (χ4v) is 3.21. The Kier molecular flexibility index (Phi) is 4.82. The molecule has 2 aliphatic heterocycles. The Bertz CT molecular complexity index is 624. The molecule has 0 N–H and O–H groups in total. The first-order valence-electron chi connectivity index (χ1n) is 8.13. The van der Waals surface area contributed by atoms with E-state index >= 15 is 0 Å². The molecule has 0 saturated carbocycles. The zero-order valence-corrected chi connectivity index (χ0v) is 14.0. The number of methoxy groups -OCH3 is 1. The van der Waals surface area contributed by atoms with Crippen molar-refractivity contribution in [3.63, 3.8) is 0 Å². The van der Waals surface area contributed by atoms with Gasteiger partial charge in [-0.2, -0.15) is 0 Å². The first kappa shape index (κ1) is 16.5. The number of hydrogen-bond acceptors (Lipinski definition) is 6. The number of aromatic nitrogens is 2. The van der Waals surface area contributed by atoms with Crippen LogP contribution >= 0.6 is 0 Å². The quantitative estimate of drug-likeness (QED) is 0.789. The Morgan fingerprint density at radius 2 is 2.00 bits per heavy atom. The van der Waals surface area contributed by atoms with Crippen molar-refractivity contribution in [1.82, 2.24) is 19.8 Å². The van der Waals surface area contributed by atoms with E-state index in [2.05, 4.69) is 9.97 Å². The molecule has 3 heterocycles. The Hall–Kier alpha value is -2.38. The largest absolute Gasteiger partial charge is 0.477 e. The van der Waals surface area contributed by atoms with Crippen molar-refractivity contribution >= 4 is 11.8 Å². The molecule has 24 heavy (non-hydrogen) atoms. The molecule has 2 fully saturated rings. The highest BCUT2D eigenvalue weighted by Gasteiger charge is 2.36. The van der Waals surface area contributed by atoms with Gasteiger partial charge in [0, 0.05) is 39.0 Å². The summed E-state index contributed by atoms with van der Waals surface area (Å²) in [4.78, 5) is 35.9. The average Bonchev–Trinajstić information content (AvgIpc) is 2.94. The van der Waals surface area contributed by atoms with Gasteiger partial charge in [-0.15, -0.1) is 0 Å². The highest BCUT2D eigenvalue weighted by atomic mass is 16.5. The van der Waals surface area contributed by atoms with Crippen molar-refractivity contribution in [2.45, 2.75) is 25.4 Å². The zero-order valence-electron chi connectivity index (χ0n) is 14.0. The second kappa shape index (κ2) is 7.02. The van der Waals surface area contributed by atoms with Gasteiger partial charge in [0.15, 0.2) is 0 Å². The summed E-state index contributed by atoms with van der Waals surface area (Å²) in [6.45, 7) is 1.69. The first-order valence-corrected chi connectivity index (χ1v) is 8.13. The first-order chi connectivity index (χ1) is 11.6.